The molecule has 0 saturated heterocycles. The molecule has 146 valence electrons. The molecular weight excluding hydrogens is 288 g/mol. The molecule has 0 bridgehead atoms. The van der Waals surface area contributed by atoms with Gasteiger partial charge in [0.2, 0.25) is 0 Å². The summed E-state index contributed by atoms with van der Waals surface area (Å²) in [6.45, 7) is 6.98. The summed E-state index contributed by atoms with van der Waals surface area (Å²) in [5, 5.41) is 0. The highest BCUT2D eigenvalue weighted by molar-refractivity contribution is 4.60. The Labute approximate surface area is 155 Å². The Morgan fingerprint density at radius 1 is 0.333 bits per heavy atom. The van der Waals surface area contributed by atoms with Gasteiger partial charge in [-0.05, 0) is 5.92 Å². The van der Waals surface area contributed by atoms with Crippen molar-refractivity contribution in [3.8, 4) is 0 Å². The van der Waals surface area contributed by atoms with Gasteiger partial charge in [-0.3, -0.25) is 0 Å². The van der Waals surface area contributed by atoms with Gasteiger partial charge in [0.15, 0.2) is 0 Å². The van der Waals surface area contributed by atoms with Crippen LogP contribution in [0.15, 0.2) is 0 Å². The lowest BCUT2D eigenvalue weighted by atomic mass is 9.91. The lowest BCUT2D eigenvalue weighted by Gasteiger charge is -2.15. The molecular formula is C24H50. The molecule has 24 heavy (non-hydrogen) atoms. The van der Waals surface area contributed by atoms with Crippen LogP contribution in [-0.2, 0) is 0 Å². The van der Waals surface area contributed by atoms with Crippen molar-refractivity contribution in [2.24, 2.45) is 5.92 Å². The summed E-state index contributed by atoms with van der Waals surface area (Å²) >= 11 is 0. The fraction of sp³-hybridized carbons (Fsp3) is 1.00. The zero-order chi connectivity index (χ0) is 17.7. The molecule has 0 aliphatic carbocycles. The van der Waals surface area contributed by atoms with Crippen LogP contribution in [0.1, 0.15) is 149 Å². The van der Waals surface area contributed by atoms with Crippen LogP contribution in [0.25, 0.3) is 0 Å². The molecule has 0 N–H and O–H groups in total. The zero-order valence-electron chi connectivity index (χ0n) is 17.7. The topological polar surface area (TPSA) is 0 Å². The molecule has 0 nitrogen and oxygen atoms in total. The van der Waals surface area contributed by atoms with Crippen molar-refractivity contribution < 1.29 is 0 Å². The Bertz CT molecular complexity index is 208. The smallest absolute Gasteiger partial charge is 0.0414 e. The van der Waals surface area contributed by atoms with Crippen LogP contribution in [-0.4, -0.2) is 0 Å². The van der Waals surface area contributed by atoms with Gasteiger partial charge in [0.05, 0.1) is 0 Å². The average molecular weight is 339 g/mol. The normalized spacial score (nSPS) is 12.6. The van der Waals surface area contributed by atoms with Crippen molar-refractivity contribution in [1.82, 2.24) is 0 Å². The molecule has 0 amide bonds. The summed E-state index contributed by atoms with van der Waals surface area (Å²) in [7, 11) is 0. The molecule has 0 spiro atoms. The highest BCUT2D eigenvalue weighted by atomic mass is 14.1. The third-order valence-electron chi connectivity index (χ3n) is 5.63. The van der Waals surface area contributed by atoms with E-state index in [1.54, 1.807) is 0 Å². The summed E-state index contributed by atoms with van der Waals surface area (Å²) in [6, 6.07) is 0. The summed E-state index contributed by atoms with van der Waals surface area (Å²) in [6.07, 6.45) is 29.3. The van der Waals surface area contributed by atoms with Gasteiger partial charge in [-0.1, -0.05) is 149 Å². The van der Waals surface area contributed by atoms with Crippen LogP contribution in [0.4, 0.5) is 0 Å². The molecule has 0 aromatic carbocycles. The molecule has 0 heterocycles. The van der Waals surface area contributed by atoms with E-state index in [0.29, 0.717) is 0 Å². The van der Waals surface area contributed by atoms with Crippen molar-refractivity contribution in [3.05, 3.63) is 0 Å². The van der Waals surface area contributed by atoms with Crippen LogP contribution >= 0.6 is 0 Å². The molecule has 0 aliphatic heterocycles. The number of unbranched alkanes of at least 4 members (excludes halogenated alkanes) is 14. The minimum absolute atomic E-state index is 1.04. The first-order chi connectivity index (χ1) is 11.8. The van der Waals surface area contributed by atoms with E-state index in [4.69, 9.17) is 0 Å². The highest BCUT2D eigenvalue weighted by Gasteiger charge is 2.07. The zero-order valence-corrected chi connectivity index (χ0v) is 17.7. The van der Waals surface area contributed by atoms with E-state index in [0.717, 1.165) is 5.92 Å². The second kappa shape index (κ2) is 21.0. The second-order valence-electron chi connectivity index (χ2n) is 8.18. The summed E-state index contributed by atoms with van der Waals surface area (Å²) in [5.74, 6) is 1.04. The Morgan fingerprint density at radius 3 is 1.04 bits per heavy atom. The Morgan fingerprint density at radius 2 is 0.667 bits per heavy atom. The van der Waals surface area contributed by atoms with Crippen molar-refractivity contribution in [3.63, 3.8) is 0 Å². The molecule has 0 rings (SSSR count). The van der Waals surface area contributed by atoms with Crippen LogP contribution in [0.3, 0.4) is 0 Å². The molecule has 1 unspecified atom stereocenters. The van der Waals surface area contributed by atoms with E-state index in [2.05, 4.69) is 20.8 Å². The maximum Gasteiger partial charge on any atom is -0.0414 e. The maximum atomic E-state index is 2.36. The first-order valence-corrected chi connectivity index (χ1v) is 11.8. The van der Waals surface area contributed by atoms with Crippen molar-refractivity contribution in [1.29, 1.82) is 0 Å². The van der Waals surface area contributed by atoms with Crippen molar-refractivity contribution in [2.45, 2.75) is 149 Å². The van der Waals surface area contributed by atoms with E-state index < -0.39 is 0 Å². The first kappa shape index (κ1) is 24.0. The molecule has 0 heteroatoms. The summed E-state index contributed by atoms with van der Waals surface area (Å²) < 4.78 is 0. The standard InChI is InChI=1S/C24H50/c1-4-7-9-11-12-13-14-15-16-17-18-20-23-24(21-6-3)22-19-10-8-5-2/h24H,4-23H2,1-3H3. The molecule has 0 aromatic heterocycles. The maximum absolute atomic E-state index is 2.36. The quantitative estimate of drug-likeness (QED) is 0.194. The number of hydrogen-bond acceptors (Lipinski definition) is 0. The highest BCUT2D eigenvalue weighted by Crippen LogP contribution is 2.23. The minimum atomic E-state index is 1.04. The largest absolute Gasteiger partial charge is 0.0654 e. The van der Waals surface area contributed by atoms with E-state index in [1.807, 2.05) is 0 Å². The van der Waals surface area contributed by atoms with Crippen LogP contribution in [0.2, 0.25) is 0 Å². The van der Waals surface area contributed by atoms with E-state index in [9.17, 15) is 0 Å². The molecule has 0 aromatic rings. The molecule has 0 fully saturated rings. The van der Waals surface area contributed by atoms with Gasteiger partial charge >= 0.3 is 0 Å². The molecule has 1 atom stereocenters. The van der Waals surface area contributed by atoms with E-state index in [1.165, 1.54) is 128 Å². The first-order valence-electron chi connectivity index (χ1n) is 11.8. The number of hydrogen-bond donors (Lipinski definition) is 0. The van der Waals surface area contributed by atoms with E-state index >= 15 is 0 Å². The van der Waals surface area contributed by atoms with Crippen molar-refractivity contribution in [2.75, 3.05) is 0 Å². The van der Waals surface area contributed by atoms with Crippen molar-refractivity contribution >= 4 is 0 Å². The van der Waals surface area contributed by atoms with Gasteiger partial charge in [-0.15, -0.1) is 0 Å². The molecule has 0 aliphatic rings. The van der Waals surface area contributed by atoms with Gasteiger partial charge in [-0.25, -0.2) is 0 Å². The van der Waals surface area contributed by atoms with Crippen LogP contribution < -0.4 is 0 Å². The fourth-order valence-corrected chi connectivity index (χ4v) is 3.98. The van der Waals surface area contributed by atoms with Gasteiger partial charge in [0, 0.05) is 0 Å². The summed E-state index contributed by atoms with van der Waals surface area (Å²) in [4.78, 5) is 0. The third-order valence-corrected chi connectivity index (χ3v) is 5.63. The van der Waals surface area contributed by atoms with Crippen LogP contribution in [0, 0.1) is 5.92 Å². The van der Waals surface area contributed by atoms with Gasteiger partial charge in [0.25, 0.3) is 0 Å². The van der Waals surface area contributed by atoms with E-state index in [-0.39, 0.29) is 0 Å². The summed E-state index contributed by atoms with van der Waals surface area (Å²) in [5.41, 5.74) is 0. The van der Waals surface area contributed by atoms with Gasteiger partial charge < -0.3 is 0 Å². The van der Waals surface area contributed by atoms with Gasteiger partial charge in [-0.2, -0.15) is 0 Å². The second-order valence-corrected chi connectivity index (χ2v) is 8.18. The Kier molecular flexibility index (Phi) is 21.0. The Hall–Kier alpha value is 0. The van der Waals surface area contributed by atoms with Gasteiger partial charge in [0.1, 0.15) is 0 Å². The number of rotatable bonds is 20. The minimum Gasteiger partial charge on any atom is -0.0654 e. The monoisotopic (exact) mass is 338 g/mol. The molecule has 0 saturated carbocycles. The third kappa shape index (κ3) is 18.3. The Balaban J connectivity index is 3.32. The SMILES string of the molecule is CCCCCCCCCCCCCCC(CCC)CCCCCC. The predicted molar refractivity (Wildman–Crippen MR) is 113 cm³/mol. The average Bonchev–Trinajstić information content (AvgIpc) is 2.59. The fourth-order valence-electron chi connectivity index (χ4n) is 3.98. The lowest BCUT2D eigenvalue weighted by Crippen LogP contribution is -2.00. The lowest BCUT2D eigenvalue weighted by molar-refractivity contribution is 0.378. The molecule has 0 radical (unpaired) electrons. The predicted octanol–water partition coefficient (Wildman–Crippen LogP) is 9.46. The van der Waals surface area contributed by atoms with Crippen LogP contribution in [0.5, 0.6) is 0 Å².